The van der Waals surface area contributed by atoms with Gasteiger partial charge in [-0.25, -0.2) is 4.79 Å². The van der Waals surface area contributed by atoms with Crippen molar-refractivity contribution in [2.24, 2.45) is 0 Å². The van der Waals surface area contributed by atoms with Crippen LogP contribution < -0.4 is 0 Å². The average Bonchev–Trinajstić information content (AvgIpc) is 2.07. The molecule has 0 aromatic carbocycles. The number of ether oxygens (including phenoxy) is 1. The Labute approximate surface area is 76.2 Å². The van der Waals surface area contributed by atoms with Gasteiger partial charge in [-0.2, -0.15) is 0 Å². The monoisotopic (exact) mass is 335 g/mol. The first kappa shape index (κ1) is 13.1. The maximum atomic E-state index is 10.5. The third-order valence-electron chi connectivity index (χ3n) is 0.777. The van der Waals surface area contributed by atoms with Crippen LogP contribution in [0.3, 0.4) is 0 Å². The van der Waals surface area contributed by atoms with Gasteiger partial charge in [-0.05, 0) is 6.92 Å². The van der Waals surface area contributed by atoms with Gasteiger partial charge in [-0.1, -0.05) is 6.58 Å². The van der Waals surface area contributed by atoms with Gasteiger partial charge >= 0.3 is 28.3 Å². The molecule has 5 heteroatoms. The van der Waals surface area contributed by atoms with E-state index in [4.69, 9.17) is 9.58 Å². The molecule has 0 bridgehead atoms. The topological polar surface area (TPSA) is 73.9 Å². The number of carbonyl (C=O) groups excluding carboxylic acids is 1. The number of nitrogens with one attached hydrogen (secondary N) is 1. The molecule has 11 heavy (non-hydrogen) atoms. The number of nitrogens with zero attached hydrogens (tertiary/aromatic N) is 1. The van der Waals surface area contributed by atoms with Crippen molar-refractivity contribution in [3.63, 3.8) is 0 Å². The van der Waals surface area contributed by atoms with Crippen LogP contribution in [0.15, 0.2) is 12.2 Å². The summed E-state index contributed by atoms with van der Waals surface area (Å²) in [5.41, 5.74) is 6.92. The zero-order valence-electron chi connectivity index (χ0n) is 6.22. The van der Waals surface area contributed by atoms with Crippen molar-refractivity contribution in [3.05, 3.63) is 17.9 Å². The summed E-state index contributed by atoms with van der Waals surface area (Å²) >= 11 is 1.00. The van der Waals surface area contributed by atoms with Crippen molar-refractivity contribution in [1.82, 2.24) is 0 Å². The minimum atomic E-state index is -0.465. The van der Waals surface area contributed by atoms with Crippen LogP contribution in [0.5, 0.6) is 0 Å². The number of esters is 1. The van der Waals surface area contributed by atoms with Gasteiger partial charge in [-0.3, -0.25) is 0 Å². The van der Waals surface area contributed by atoms with Gasteiger partial charge in [0.2, 0.25) is 0 Å². The van der Waals surface area contributed by atoms with Crippen LogP contribution in [0.2, 0.25) is 0 Å². The molecule has 0 fully saturated rings. The third-order valence-corrected chi connectivity index (χ3v) is 0.777. The van der Waals surface area contributed by atoms with E-state index in [1.54, 1.807) is 6.92 Å². The first-order valence-corrected chi connectivity index (χ1v) is 3.93. The second-order valence-electron chi connectivity index (χ2n) is 1.50. The van der Waals surface area contributed by atoms with E-state index in [-0.39, 0.29) is 12.1 Å². The van der Waals surface area contributed by atoms with Gasteiger partial charge in [0.15, 0.2) is 0 Å². The zero-order chi connectivity index (χ0) is 9.28. The number of carbonyl (C=O) groups is 1. The molecular weight excluding hydrogens is 324 g/mol. The average molecular weight is 334 g/mol. The molecule has 0 unspecified atom stereocenters. The molecule has 0 aliphatic rings. The Morgan fingerprint density at radius 1 is 1.73 bits per heavy atom. The summed E-state index contributed by atoms with van der Waals surface area (Å²) in [6, 6.07) is 0. The SMILES string of the molecule is C=C(C[NH-])C(=O)OCC.[N]#[Ir+]. The molecule has 0 radical (unpaired) electrons. The number of hydrogen-bond acceptors (Lipinski definition) is 3. The van der Waals surface area contributed by atoms with Crippen molar-refractivity contribution >= 4 is 5.97 Å². The van der Waals surface area contributed by atoms with E-state index in [2.05, 4.69) is 11.3 Å². The van der Waals surface area contributed by atoms with E-state index in [0.717, 1.165) is 18.5 Å². The molecule has 4 nitrogen and oxygen atoms in total. The number of hydrogen-bond donors (Lipinski definition) is 0. The molecule has 0 saturated heterocycles. The van der Waals surface area contributed by atoms with Gasteiger partial charge in [0, 0.05) is 5.57 Å². The fraction of sp³-hybridized carbons (Fsp3) is 0.500. The summed E-state index contributed by atoms with van der Waals surface area (Å²) in [5.74, 6) is -0.465. The van der Waals surface area contributed by atoms with Crippen molar-refractivity contribution < 1.29 is 28.1 Å². The Hall–Kier alpha value is -0.471. The van der Waals surface area contributed by atoms with Crippen LogP contribution >= 0.6 is 0 Å². The Balaban J connectivity index is 0. The van der Waals surface area contributed by atoms with Crippen molar-refractivity contribution in [3.8, 4) is 0 Å². The van der Waals surface area contributed by atoms with Gasteiger partial charge in [-0.15, -0.1) is 6.54 Å². The fourth-order valence-electron chi connectivity index (χ4n) is 0.305. The second kappa shape index (κ2) is 9.53. The van der Waals surface area contributed by atoms with Gasteiger partial charge in [0.05, 0.1) is 6.61 Å². The van der Waals surface area contributed by atoms with Crippen LogP contribution in [0.25, 0.3) is 5.73 Å². The Morgan fingerprint density at radius 2 is 2.18 bits per heavy atom. The fourth-order valence-corrected chi connectivity index (χ4v) is 0.305. The molecular formula is C6H10IrN2O2. The Bertz CT molecular complexity index is 156. The van der Waals surface area contributed by atoms with Crippen LogP contribution in [-0.2, 0) is 28.1 Å². The zero-order valence-corrected chi connectivity index (χ0v) is 8.61. The molecule has 0 amide bonds. The summed E-state index contributed by atoms with van der Waals surface area (Å²) < 4.78 is 11.5. The summed E-state index contributed by atoms with van der Waals surface area (Å²) in [5, 5.41) is 0. The first-order valence-electron chi connectivity index (χ1n) is 2.86. The summed E-state index contributed by atoms with van der Waals surface area (Å²) in [4.78, 5) is 10.5. The molecule has 0 heterocycles. The van der Waals surface area contributed by atoms with Crippen molar-refractivity contribution in [2.75, 3.05) is 13.2 Å². The van der Waals surface area contributed by atoms with E-state index in [9.17, 15) is 4.79 Å². The molecule has 0 aliphatic carbocycles. The summed E-state index contributed by atoms with van der Waals surface area (Å²) in [6.07, 6.45) is 0. The third kappa shape index (κ3) is 7.43. The minimum absolute atomic E-state index is 0.0845. The molecule has 0 aromatic rings. The van der Waals surface area contributed by atoms with Crippen molar-refractivity contribution in [2.45, 2.75) is 6.92 Å². The molecule has 0 aromatic heterocycles. The predicted molar refractivity (Wildman–Crippen MR) is 36.7 cm³/mol. The van der Waals surface area contributed by atoms with Crippen LogP contribution in [0.4, 0.5) is 0 Å². The molecule has 0 aliphatic heterocycles. The van der Waals surface area contributed by atoms with E-state index >= 15 is 0 Å². The standard InChI is InChI=1S/C6H10NO2.Ir.N/c1-3-9-6(8)5(2)4-7;;/h7H,2-4H2,1H3;;/q-1;+1;. The quantitative estimate of drug-likeness (QED) is 0.574. The van der Waals surface area contributed by atoms with Crippen LogP contribution in [0.1, 0.15) is 6.92 Å². The van der Waals surface area contributed by atoms with E-state index < -0.39 is 5.97 Å². The predicted octanol–water partition coefficient (Wildman–Crippen LogP) is 1.17. The Morgan fingerprint density at radius 3 is 2.45 bits per heavy atom. The molecule has 0 atom stereocenters. The molecule has 65 valence electrons. The maximum absolute atomic E-state index is 10.5. The van der Waals surface area contributed by atoms with Crippen LogP contribution in [-0.4, -0.2) is 19.1 Å². The van der Waals surface area contributed by atoms with Gasteiger partial charge in [0.25, 0.3) is 0 Å². The molecule has 1 N–H and O–H groups in total. The number of rotatable bonds is 3. The molecule has 0 saturated carbocycles. The Kier molecular flexibility index (Phi) is 11.4. The summed E-state index contributed by atoms with van der Waals surface area (Å²) in [6.45, 7) is 5.31. The molecule has 0 rings (SSSR count). The van der Waals surface area contributed by atoms with Gasteiger partial charge in [0.1, 0.15) is 0 Å². The van der Waals surface area contributed by atoms with Crippen molar-refractivity contribution in [1.29, 1.82) is 3.84 Å². The van der Waals surface area contributed by atoms with Crippen LogP contribution in [0, 0.1) is 3.84 Å². The molecule has 0 spiro atoms. The van der Waals surface area contributed by atoms with E-state index in [1.165, 1.54) is 0 Å². The first-order chi connectivity index (χ1) is 5.22. The van der Waals surface area contributed by atoms with E-state index in [1.807, 2.05) is 0 Å². The second-order valence-corrected chi connectivity index (χ2v) is 1.50. The van der Waals surface area contributed by atoms with Gasteiger partial charge < -0.3 is 10.5 Å². The normalized spacial score (nSPS) is 7.36. The summed E-state index contributed by atoms with van der Waals surface area (Å²) in [7, 11) is 0. The van der Waals surface area contributed by atoms with E-state index in [0.29, 0.717) is 6.61 Å².